The predicted molar refractivity (Wildman–Crippen MR) is 152 cm³/mol. The molecule has 4 aliphatic rings. The second kappa shape index (κ2) is 12.3. The fourth-order valence-corrected chi connectivity index (χ4v) is 6.76. The minimum atomic E-state index is -0.0239. The fourth-order valence-electron chi connectivity index (χ4n) is 5.35. The molecule has 2 atom stereocenters. The summed E-state index contributed by atoms with van der Waals surface area (Å²) in [7, 11) is 0. The van der Waals surface area contributed by atoms with E-state index >= 15 is 0 Å². The number of allylic oxidation sites excluding steroid dienone is 4. The minimum Gasteiger partial charge on any atom is -0.306 e. The van der Waals surface area contributed by atoms with Gasteiger partial charge in [0.1, 0.15) is 0 Å². The molecule has 192 valence electrons. The van der Waals surface area contributed by atoms with Crippen molar-refractivity contribution in [3.63, 3.8) is 0 Å². The second-order valence-corrected chi connectivity index (χ2v) is 11.7. The third-order valence-corrected chi connectivity index (χ3v) is 9.17. The van der Waals surface area contributed by atoms with Crippen LogP contribution in [-0.2, 0) is 9.59 Å². The molecule has 0 aromatic heterocycles. The Kier molecular flexibility index (Phi) is 9.09. The van der Waals surface area contributed by atoms with Crippen LogP contribution in [0.4, 0.5) is 0 Å². The van der Waals surface area contributed by atoms with Gasteiger partial charge in [0.15, 0.2) is 0 Å². The Morgan fingerprint density at radius 1 is 0.722 bits per heavy atom. The molecule has 0 aliphatic carbocycles. The Morgan fingerprint density at radius 3 is 1.44 bits per heavy atom. The van der Waals surface area contributed by atoms with E-state index in [0.717, 1.165) is 72.6 Å². The molecule has 2 amide bonds. The summed E-state index contributed by atoms with van der Waals surface area (Å²) in [4.78, 5) is 34.1. The van der Waals surface area contributed by atoms with E-state index in [2.05, 4.69) is 38.1 Å². The SMILES string of the molecule is CCCCC(CC)CN1C(=O)C2=C(C(=O)N(CC(CC)CCCC)C2=C2C=CC#S2)C1=C1C=CC#S1. The Morgan fingerprint density at radius 2 is 1.14 bits per heavy atom. The van der Waals surface area contributed by atoms with Crippen LogP contribution < -0.4 is 0 Å². The number of nitrogens with zero attached hydrogens (tertiary/aromatic N) is 2. The van der Waals surface area contributed by atoms with E-state index < -0.39 is 0 Å². The average molecular weight is 523 g/mol. The van der Waals surface area contributed by atoms with Crippen molar-refractivity contribution in [3.8, 4) is 10.4 Å². The maximum atomic E-state index is 14.2. The Labute approximate surface area is 224 Å². The molecule has 4 nitrogen and oxygen atoms in total. The molecule has 0 fully saturated rings. The number of rotatable bonds is 12. The van der Waals surface area contributed by atoms with Crippen molar-refractivity contribution in [1.82, 2.24) is 9.80 Å². The van der Waals surface area contributed by atoms with Gasteiger partial charge < -0.3 is 9.80 Å². The number of hydrogen-bond acceptors (Lipinski definition) is 2. The summed E-state index contributed by atoms with van der Waals surface area (Å²) < 4.78 is 0. The molecule has 0 aromatic rings. The Bertz CT molecular complexity index is 1120. The van der Waals surface area contributed by atoms with Gasteiger partial charge in [-0.25, -0.2) is 0 Å². The first-order chi connectivity index (χ1) is 17.5. The first-order valence-electron chi connectivity index (χ1n) is 13.6. The van der Waals surface area contributed by atoms with Crippen molar-refractivity contribution in [2.75, 3.05) is 13.1 Å². The van der Waals surface area contributed by atoms with E-state index in [0.29, 0.717) is 36.1 Å². The smallest absolute Gasteiger partial charge is 0.261 e. The first-order valence-corrected chi connectivity index (χ1v) is 15.2. The summed E-state index contributed by atoms with van der Waals surface area (Å²) in [6.07, 6.45) is 16.6. The maximum absolute atomic E-state index is 14.2. The average Bonchev–Trinajstić information content (AvgIpc) is 3.68. The van der Waals surface area contributed by atoms with Crippen molar-refractivity contribution in [3.05, 3.63) is 56.7 Å². The van der Waals surface area contributed by atoms with Gasteiger partial charge in [-0.3, -0.25) is 9.59 Å². The summed E-state index contributed by atoms with van der Waals surface area (Å²) in [5.74, 6) is 0.778. The van der Waals surface area contributed by atoms with Crippen LogP contribution in [0.3, 0.4) is 0 Å². The van der Waals surface area contributed by atoms with Gasteiger partial charge in [0.2, 0.25) is 0 Å². The number of hydrogen-bond donors (Lipinski definition) is 0. The highest BCUT2D eigenvalue weighted by Crippen LogP contribution is 2.47. The van der Waals surface area contributed by atoms with Crippen LogP contribution in [0.25, 0.3) is 0 Å². The molecule has 6 heteroatoms. The van der Waals surface area contributed by atoms with Crippen LogP contribution in [0.2, 0.25) is 0 Å². The van der Waals surface area contributed by atoms with Gasteiger partial charge in [0.05, 0.1) is 32.4 Å². The van der Waals surface area contributed by atoms with Crippen molar-refractivity contribution in [1.29, 1.82) is 0 Å². The van der Waals surface area contributed by atoms with Gasteiger partial charge in [0.25, 0.3) is 11.8 Å². The van der Waals surface area contributed by atoms with E-state index in [-0.39, 0.29) is 11.8 Å². The molecule has 2 unspecified atom stereocenters. The predicted octanol–water partition coefficient (Wildman–Crippen LogP) is 7.35. The van der Waals surface area contributed by atoms with Gasteiger partial charge in [-0.1, -0.05) is 98.9 Å². The zero-order valence-electron chi connectivity index (χ0n) is 22.1. The van der Waals surface area contributed by atoms with Crippen LogP contribution in [0.1, 0.15) is 79.1 Å². The number of amides is 2. The lowest BCUT2D eigenvalue weighted by molar-refractivity contribution is -0.126. The highest BCUT2D eigenvalue weighted by atomic mass is 32.1. The summed E-state index contributed by atoms with van der Waals surface area (Å²) in [5, 5.41) is 6.36. The summed E-state index contributed by atoms with van der Waals surface area (Å²) >= 11 is 2.97. The maximum Gasteiger partial charge on any atom is 0.261 e. The molecule has 0 bridgehead atoms. The summed E-state index contributed by atoms with van der Waals surface area (Å²) in [5.41, 5.74) is 2.77. The second-order valence-electron chi connectivity index (χ2n) is 9.95. The molecule has 0 aromatic carbocycles. The molecule has 0 spiro atoms. The van der Waals surface area contributed by atoms with E-state index in [1.807, 2.05) is 34.1 Å². The molecule has 0 N–H and O–H groups in total. The van der Waals surface area contributed by atoms with E-state index in [1.54, 1.807) is 0 Å². The van der Waals surface area contributed by atoms with Crippen molar-refractivity contribution in [2.24, 2.45) is 11.8 Å². The Hall–Kier alpha value is -2.36. The van der Waals surface area contributed by atoms with Crippen LogP contribution in [0.15, 0.2) is 56.7 Å². The normalized spacial score (nSPS) is 23.9. The van der Waals surface area contributed by atoms with Gasteiger partial charge in [0, 0.05) is 13.1 Å². The molecule has 4 rings (SSSR count). The molecule has 4 heterocycles. The minimum absolute atomic E-state index is 0.0239. The lowest BCUT2D eigenvalue weighted by Gasteiger charge is -2.31. The van der Waals surface area contributed by atoms with Gasteiger partial charge >= 0.3 is 0 Å². The topological polar surface area (TPSA) is 40.6 Å². The number of unbranched alkanes of at least 4 members (excludes halogenated alkanes) is 2. The zero-order chi connectivity index (χ0) is 25.7. The Balaban J connectivity index is 1.78. The van der Waals surface area contributed by atoms with E-state index in [1.165, 1.54) is 22.3 Å². The van der Waals surface area contributed by atoms with Gasteiger partial charge in [-0.05, 0) is 49.0 Å². The summed E-state index contributed by atoms with van der Waals surface area (Å²) in [6, 6.07) is 0. The van der Waals surface area contributed by atoms with E-state index in [9.17, 15) is 9.59 Å². The first kappa shape index (κ1) is 26.7. The molecule has 36 heavy (non-hydrogen) atoms. The van der Waals surface area contributed by atoms with Crippen LogP contribution in [0, 0.1) is 22.2 Å². The summed E-state index contributed by atoms with van der Waals surface area (Å²) in [6.45, 7) is 10.1. The largest absolute Gasteiger partial charge is 0.306 e. The molecule has 0 saturated carbocycles. The molecule has 0 radical (unpaired) electrons. The molecule has 4 aliphatic heterocycles. The molecular weight excluding hydrogens is 484 g/mol. The van der Waals surface area contributed by atoms with Crippen molar-refractivity contribution in [2.45, 2.75) is 79.1 Å². The monoisotopic (exact) mass is 522 g/mol. The molecule has 0 saturated heterocycles. The third-order valence-electron chi connectivity index (χ3n) is 7.56. The third kappa shape index (κ3) is 5.19. The van der Waals surface area contributed by atoms with Crippen molar-refractivity contribution >= 4 is 34.2 Å². The van der Waals surface area contributed by atoms with Crippen molar-refractivity contribution < 1.29 is 9.59 Å². The van der Waals surface area contributed by atoms with Gasteiger partial charge in [-0.15, -0.1) is 0 Å². The lowest BCUT2D eigenvalue weighted by atomic mass is 9.97. The number of carbonyl (C=O) groups excluding carboxylic acids is 2. The fraction of sp³-hybridized carbons (Fsp3) is 0.533. The lowest BCUT2D eigenvalue weighted by Crippen LogP contribution is -2.38. The molecular formula is C30H38N2O2S2. The van der Waals surface area contributed by atoms with E-state index in [4.69, 9.17) is 0 Å². The zero-order valence-corrected chi connectivity index (χ0v) is 23.7. The van der Waals surface area contributed by atoms with Crippen LogP contribution >= 0.6 is 22.3 Å². The highest BCUT2D eigenvalue weighted by molar-refractivity contribution is 7.93. The van der Waals surface area contributed by atoms with Crippen LogP contribution in [0.5, 0.6) is 0 Å². The van der Waals surface area contributed by atoms with Gasteiger partial charge in [-0.2, -0.15) is 0 Å². The quantitative estimate of drug-likeness (QED) is 0.269. The highest BCUT2D eigenvalue weighted by Gasteiger charge is 2.50. The number of carbonyl (C=O) groups is 2. The van der Waals surface area contributed by atoms with Crippen LogP contribution in [-0.4, -0.2) is 34.7 Å². The standard InChI is InChI=1S/C30H38N2O2S2/c1-5-9-13-21(7-3)19-31-27(23-15-11-17-35-23)25-26(29(31)33)28(24-16-12-18-36-24)32(30(25)34)20-22(8-4)14-10-6-2/h11-12,15-16,21-22H,5-10,13-14,19-20H2,1-4H3.